The van der Waals surface area contributed by atoms with Gasteiger partial charge in [-0.1, -0.05) is 0 Å². The molecule has 138 valence electrons. The zero-order valence-corrected chi connectivity index (χ0v) is 15.2. The predicted molar refractivity (Wildman–Crippen MR) is 101 cm³/mol. The zero-order valence-electron chi connectivity index (χ0n) is 14.4. The Kier molecular flexibility index (Phi) is 6.22. The number of anilines is 1. The number of carbonyl (C=O) groups is 2. The van der Waals surface area contributed by atoms with Crippen LogP contribution < -0.4 is 10.6 Å². The molecular formula is C19H22FN3O2S. The van der Waals surface area contributed by atoms with Gasteiger partial charge in [-0.25, -0.2) is 9.18 Å². The highest BCUT2D eigenvalue weighted by atomic mass is 32.1. The van der Waals surface area contributed by atoms with E-state index in [0.29, 0.717) is 25.2 Å². The summed E-state index contributed by atoms with van der Waals surface area (Å²) in [5, 5.41) is 9.70. The number of thiophene rings is 1. The van der Waals surface area contributed by atoms with E-state index in [9.17, 15) is 14.0 Å². The number of nitrogens with one attached hydrogen (secondary N) is 2. The van der Waals surface area contributed by atoms with Gasteiger partial charge >= 0.3 is 6.03 Å². The van der Waals surface area contributed by atoms with Gasteiger partial charge < -0.3 is 15.5 Å². The minimum atomic E-state index is -0.341. The molecule has 1 fully saturated rings. The average Bonchev–Trinajstić information content (AvgIpc) is 3.16. The van der Waals surface area contributed by atoms with E-state index in [0.717, 1.165) is 19.3 Å². The van der Waals surface area contributed by atoms with Crippen LogP contribution in [0, 0.1) is 5.82 Å². The number of aryl methyl sites for hydroxylation is 1. The Bertz CT molecular complexity index is 726. The van der Waals surface area contributed by atoms with Crippen molar-refractivity contribution in [2.75, 3.05) is 18.4 Å². The molecule has 0 aliphatic carbocycles. The maximum absolute atomic E-state index is 12.9. The number of nitrogens with zero attached hydrogens (tertiary/aromatic N) is 1. The fourth-order valence-corrected chi connectivity index (χ4v) is 3.71. The number of benzene rings is 1. The number of amides is 3. The molecule has 1 aliphatic rings. The van der Waals surface area contributed by atoms with Crippen LogP contribution in [-0.2, 0) is 11.2 Å². The Balaban J connectivity index is 1.38. The molecule has 0 unspecified atom stereocenters. The SMILES string of the molecule is O=C(Nc1ccc(F)cc1)NC1CCN(C(=O)CCc2ccsc2)CC1. The number of hydrogen-bond acceptors (Lipinski definition) is 3. The second-order valence-corrected chi connectivity index (χ2v) is 7.17. The van der Waals surface area contributed by atoms with E-state index >= 15 is 0 Å². The van der Waals surface area contributed by atoms with Crippen LogP contribution in [0.4, 0.5) is 14.9 Å². The van der Waals surface area contributed by atoms with E-state index in [1.165, 1.54) is 29.8 Å². The summed E-state index contributed by atoms with van der Waals surface area (Å²) < 4.78 is 12.9. The third-order valence-electron chi connectivity index (χ3n) is 4.49. The Morgan fingerprint density at radius 1 is 1.15 bits per heavy atom. The summed E-state index contributed by atoms with van der Waals surface area (Å²) in [6.45, 7) is 1.31. The van der Waals surface area contributed by atoms with Crippen molar-refractivity contribution in [3.05, 3.63) is 52.5 Å². The van der Waals surface area contributed by atoms with Crippen molar-refractivity contribution in [1.82, 2.24) is 10.2 Å². The Morgan fingerprint density at radius 2 is 1.88 bits per heavy atom. The smallest absolute Gasteiger partial charge is 0.319 e. The molecule has 3 rings (SSSR count). The molecule has 0 bridgehead atoms. The second-order valence-electron chi connectivity index (χ2n) is 6.39. The van der Waals surface area contributed by atoms with Crippen molar-refractivity contribution in [3.8, 4) is 0 Å². The van der Waals surface area contributed by atoms with Gasteiger partial charge in [0.15, 0.2) is 0 Å². The molecule has 7 heteroatoms. The molecule has 0 radical (unpaired) electrons. The fourth-order valence-electron chi connectivity index (χ4n) is 3.00. The van der Waals surface area contributed by atoms with Crippen LogP contribution in [0.2, 0.25) is 0 Å². The number of halogens is 1. The highest BCUT2D eigenvalue weighted by Crippen LogP contribution is 2.15. The van der Waals surface area contributed by atoms with Crippen LogP contribution in [0.3, 0.4) is 0 Å². The largest absolute Gasteiger partial charge is 0.343 e. The average molecular weight is 375 g/mol. The van der Waals surface area contributed by atoms with Crippen molar-refractivity contribution < 1.29 is 14.0 Å². The van der Waals surface area contributed by atoms with Gasteiger partial charge in [-0.2, -0.15) is 11.3 Å². The molecule has 26 heavy (non-hydrogen) atoms. The van der Waals surface area contributed by atoms with Crippen LogP contribution in [0.5, 0.6) is 0 Å². The van der Waals surface area contributed by atoms with Gasteiger partial charge in [0.25, 0.3) is 0 Å². The van der Waals surface area contributed by atoms with E-state index in [2.05, 4.69) is 16.0 Å². The molecule has 5 nitrogen and oxygen atoms in total. The van der Waals surface area contributed by atoms with E-state index in [4.69, 9.17) is 0 Å². The summed E-state index contributed by atoms with van der Waals surface area (Å²) in [5.41, 5.74) is 1.75. The lowest BCUT2D eigenvalue weighted by Crippen LogP contribution is -2.47. The van der Waals surface area contributed by atoms with Gasteiger partial charge in [0.05, 0.1) is 0 Å². The lowest BCUT2D eigenvalue weighted by molar-refractivity contribution is -0.132. The number of likely N-dealkylation sites (tertiary alicyclic amines) is 1. The lowest BCUT2D eigenvalue weighted by Gasteiger charge is -2.32. The van der Waals surface area contributed by atoms with Crippen molar-refractivity contribution in [1.29, 1.82) is 0 Å². The van der Waals surface area contributed by atoms with Crippen molar-refractivity contribution in [3.63, 3.8) is 0 Å². The molecule has 1 aromatic carbocycles. The topological polar surface area (TPSA) is 61.4 Å². The molecule has 0 spiro atoms. The van der Waals surface area contributed by atoms with Crippen LogP contribution in [0.15, 0.2) is 41.1 Å². The monoisotopic (exact) mass is 375 g/mol. The van der Waals surface area contributed by atoms with Crippen molar-refractivity contribution >= 4 is 29.0 Å². The van der Waals surface area contributed by atoms with Crippen molar-refractivity contribution in [2.24, 2.45) is 0 Å². The normalized spacial score (nSPS) is 14.9. The maximum atomic E-state index is 12.9. The van der Waals surface area contributed by atoms with Gasteiger partial charge in [0.2, 0.25) is 5.91 Å². The highest BCUT2D eigenvalue weighted by Gasteiger charge is 2.23. The first kappa shape index (κ1) is 18.4. The first-order valence-corrected chi connectivity index (χ1v) is 9.66. The highest BCUT2D eigenvalue weighted by molar-refractivity contribution is 7.07. The van der Waals surface area contributed by atoms with E-state index in [-0.39, 0.29) is 23.8 Å². The molecule has 0 atom stereocenters. The number of urea groups is 1. The van der Waals surface area contributed by atoms with E-state index in [1.54, 1.807) is 11.3 Å². The van der Waals surface area contributed by atoms with Crippen LogP contribution in [0.25, 0.3) is 0 Å². The molecule has 3 amide bonds. The molecular weight excluding hydrogens is 353 g/mol. The Morgan fingerprint density at radius 3 is 2.54 bits per heavy atom. The van der Waals surface area contributed by atoms with Crippen LogP contribution >= 0.6 is 11.3 Å². The summed E-state index contributed by atoms with van der Waals surface area (Å²) in [7, 11) is 0. The summed E-state index contributed by atoms with van der Waals surface area (Å²) in [6, 6.07) is 7.42. The summed E-state index contributed by atoms with van der Waals surface area (Å²) in [4.78, 5) is 26.2. The molecule has 2 heterocycles. The first-order chi connectivity index (χ1) is 12.6. The van der Waals surface area contributed by atoms with Gasteiger partial charge in [0.1, 0.15) is 5.82 Å². The number of carbonyl (C=O) groups excluding carboxylic acids is 2. The number of piperidine rings is 1. The van der Waals surface area contributed by atoms with Gasteiger partial charge in [0, 0.05) is 31.2 Å². The first-order valence-electron chi connectivity index (χ1n) is 8.72. The third kappa shape index (κ3) is 5.29. The minimum Gasteiger partial charge on any atom is -0.343 e. The molecule has 2 N–H and O–H groups in total. The van der Waals surface area contributed by atoms with Crippen LogP contribution in [-0.4, -0.2) is 36.0 Å². The Labute approximate surface area is 156 Å². The quantitative estimate of drug-likeness (QED) is 0.838. The van der Waals surface area contributed by atoms with Gasteiger partial charge in [-0.15, -0.1) is 0 Å². The zero-order chi connectivity index (χ0) is 18.4. The standard InChI is InChI=1S/C19H22FN3O2S/c20-15-2-4-16(5-3-15)21-19(25)22-17-7-10-23(11-8-17)18(24)6-1-14-9-12-26-13-14/h2-5,9,12-13,17H,1,6-8,10-11H2,(H2,21,22,25). The predicted octanol–water partition coefficient (Wildman–Crippen LogP) is 3.63. The maximum Gasteiger partial charge on any atom is 0.319 e. The Hall–Kier alpha value is -2.41. The molecule has 0 saturated carbocycles. The van der Waals surface area contributed by atoms with E-state index < -0.39 is 0 Å². The van der Waals surface area contributed by atoms with Gasteiger partial charge in [-0.05, 0) is 65.9 Å². The fraction of sp³-hybridized carbons (Fsp3) is 0.368. The third-order valence-corrected chi connectivity index (χ3v) is 5.22. The number of rotatable bonds is 5. The summed E-state index contributed by atoms with van der Waals surface area (Å²) in [6.07, 6.45) is 2.78. The summed E-state index contributed by atoms with van der Waals surface area (Å²) >= 11 is 1.64. The molecule has 1 saturated heterocycles. The number of hydrogen-bond donors (Lipinski definition) is 2. The second kappa shape index (κ2) is 8.80. The molecule has 2 aromatic rings. The van der Waals surface area contributed by atoms with Crippen molar-refractivity contribution in [2.45, 2.75) is 31.7 Å². The minimum absolute atomic E-state index is 0.0383. The molecule has 1 aliphatic heterocycles. The van der Waals surface area contributed by atoms with E-state index in [1.807, 2.05) is 16.3 Å². The van der Waals surface area contributed by atoms with Gasteiger partial charge in [-0.3, -0.25) is 4.79 Å². The molecule has 1 aromatic heterocycles. The summed E-state index contributed by atoms with van der Waals surface area (Å²) in [5.74, 6) is -0.169. The van der Waals surface area contributed by atoms with Crippen LogP contribution in [0.1, 0.15) is 24.8 Å². The lowest BCUT2D eigenvalue weighted by atomic mass is 10.0.